The molecule has 0 bridgehead atoms. The van der Waals surface area contributed by atoms with Crippen LogP contribution in [0.5, 0.6) is 0 Å². The lowest BCUT2D eigenvalue weighted by molar-refractivity contribution is 0.470. The van der Waals surface area contributed by atoms with Crippen molar-refractivity contribution in [3.05, 3.63) is 30.3 Å². The van der Waals surface area contributed by atoms with Gasteiger partial charge in [-0.1, -0.05) is 49.9 Å². The van der Waals surface area contributed by atoms with Gasteiger partial charge >= 0.3 is 14.0 Å². The number of para-hydroxylation sites is 1. The summed E-state index contributed by atoms with van der Waals surface area (Å²) in [6.07, 6.45) is 3.62. The first kappa shape index (κ1) is 20.1. The van der Waals surface area contributed by atoms with Crippen LogP contribution in [0, 0.1) is 0 Å². The maximum absolute atomic E-state index is 4.27. The standard InChI is InChI=1S/C17H29B2N7S/c1-6-7-11-14-24-18(4)20-16-21-22-23-25(16)17(2,3)27-26(19(24)5)15-12-9-8-10-13-15/h8-10,12-13H,6-7,11,14H2,1-5H3,(H,20,21,23). The fourth-order valence-electron chi connectivity index (χ4n) is 3.49. The van der Waals surface area contributed by atoms with E-state index in [0.29, 0.717) is 5.95 Å². The molecule has 0 fully saturated rings. The average Bonchev–Trinajstić information content (AvgIpc) is 3.12. The minimum atomic E-state index is -0.338. The van der Waals surface area contributed by atoms with Crippen LogP contribution in [0.3, 0.4) is 0 Å². The highest BCUT2D eigenvalue weighted by molar-refractivity contribution is 8.02. The molecule has 0 unspecified atom stereocenters. The Hall–Kier alpha value is -1.67. The highest BCUT2D eigenvalue weighted by Gasteiger charge is 2.40. The van der Waals surface area contributed by atoms with Crippen LogP contribution in [0.1, 0.15) is 40.0 Å². The molecular formula is C17H29B2N7S. The van der Waals surface area contributed by atoms with Crippen LogP contribution in [0.2, 0.25) is 13.6 Å². The third-order valence-electron chi connectivity index (χ3n) is 4.99. The largest absolute Gasteiger partial charge is 0.382 e. The zero-order valence-electron chi connectivity index (χ0n) is 17.0. The Balaban J connectivity index is 2.00. The monoisotopic (exact) mass is 385 g/mol. The summed E-state index contributed by atoms with van der Waals surface area (Å²) in [5.74, 6) is 0.711. The quantitative estimate of drug-likeness (QED) is 0.479. The predicted molar refractivity (Wildman–Crippen MR) is 117 cm³/mol. The number of rotatable bonds is 5. The summed E-state index contributed by atoms with van der Waals surface area (Å²) in [5.41, 5.74) is 1.19. The summed E-state index contributed by atoms with van der Waals surface area (Å²) in [6.45, 7) is 12.4. The van der Waals surface area contributed by atoms with Crippen LogP contribution >= 0.6 is 11.9 Å². The third kappa shape index (κ3) is 4.43. The molecule has 7 nitrogen and oxygen atoms in total. The van der Waals surface area contributed by atoms with Crippen LogP contribution in [0.25, 0.3) is 0 Å². The molecule has 2 heterocycles. The van der Waals surface area contributed by atoms with Crippen molar-refractivity contribution in [2.24, 2.45) is 0 Å². The molecule has 1 aromatic carbocycles. The number of hydrogen-bond donors (Lipinski definition) is 1. The van der Waals surface area contributed by atoms with E-state index in [0.717, 1.165) is 6.54 Å². The van der Waals surface area contributed by atoms with E-state index in [1.165, 1.54) is 24.9 Å². The van der Waals surface area contributed by atoms with Gasteiger partial charge in [0.25, 0.3) is 0 Å². The van der Waals surface area contributed by atoms with Crippen LogP contribution in [-0.4, -0.2) is 45.4 Å². The average molecular weight is 385 g/mol. The summed E-state index contributed by atoms with van der Waals surface area (Å²) in [5, 5.41) is 15.9. The van der Waals surface area contributed by atoms with Crippen molar-refractivity contribution < 1.29 is 0 Å². The van der Waals surface area contributed by atoms with Gasteiger partial charge in [0, 0.05) is 5.69 Å². The lowest BCUT2D eigenvalue weighted by Gasteiger charge is -2.39. The topological polar surface area (TPSA) is 62.1 Å². The molecule has 0 saturated heterocycles. The number of fused-ring (bicyclic) bond motifs is 1. The highest BCUT2D eigenvalue weighted by atomic mass is 32.2. The molecule has 2 aromatic rings. The molecule has 0 aliphatic carbocycles. The lowest BCUT2D eigenvalue weighted by Crippen LogP contribution is -2.57. The molecule has 1 aliphatic rings. The van der Waals surface area contributed by atoms with E-state index in [9.17, 15) is 0 Å². The second-order valence-corrected chi connectivity index (χ2v) is 9.09. The van der Waals surface area contributed by atoms with Crippen molar-refractivity contribution in [2.75, 3.05) is 16.0 Å². The van der Waals surface area contributed by atoms with Gasteiger partial charge in [0.1, 0.15) is 4.87 Å². The molecule has 0 saturated carbocycles. The number of aromatic nitrogens is 4. The number of nitrogens with zero attached hydrogens (tertiary/aromatic N) is 6. The third-order valence-corrected chi connectivity index (χ3v) is 6.32. The van der Waals surface area contributed by atoms with Gasteiger partial charge in [0.05, 0.1) is 0 Å². The predicted octanol–water partition coefficient (Wildman–Crippen LogP) is 3.67. The summed E-state index contributed by atoms with van der Waals surface area (Å²) in [4.78, 5) is -0.338. The Labute approximate surface area is 167 Å². The molecule has 3 rings (SSSR count). The molecule has 10 heteroatoms. The summed E-state index contributed by atoms with van der Waals surface area (Å²) < 4.78 is 6.77. The van der Waals surface area contributed by atoms with Gasteiger partial charge in [-0.3, -0.25) is 0 Å². The maximum Gasteiger partial charge on any atom is 0.341 e. The molecule has 1 aromatic heterocycles. The summed E-state index contributed by atoms with van der Waals surface area (Å²) in [7, 11) is 0. The zero-order valence-corrected chi connectivity index (χ0v) is 17.8. The van der Waals surface area contributed by atoms with E-state index in [2.05, 4.69) is 94.4 Å². The summed E-state index contributed by atoms with van der Waals surface area (Å²) in [6, 6.07) is 10.6. The van der Waals surface area contributed by atoms with E-state index >= 15 is 0 Å². The first-order chi connectivity index (χ1) is 12.9. The summed E-state index contributed by atoms with van der Waals surface area (Å²) >= 11 is 1.76. The van der Waals surface area contributed by atoms with Crippen molar-refractivity contribution in [1.82, 2.24) is 24.9 Å². The number of benzene rings is 1. The minimum absolute atomic E-state index is 0.113. The number of nitrogens with one attached hydrogen (secondary N) is 1. The van der Waals surface area contributed by atoms with E-state index in [1.54, 1.807) is 11.9 Å². The van der Waals surface area contributed by atoms with Gasteiger partial charge in [-0.25, -0.2) is 0 Å². The van der Waals surface area contributed by atoms with Crippen LogP contribution in [-0.2, 0) is 4.87 Å². The van der Waals surface area contributed by atoms with E-state index in [4.69, 9.17) is 0 Å². The Morgan fingerprint density at radius 3 is 2.59 bits per heavy atom. The number of tetrazole rings is 1. The Morgan fingerprint density at radius 2 is 1.89 bits per heavy atom. The number of hydrogen-bond acceptors (Lipinski definition) is 7. The normalized spacial score (nSPS) is 17.7. The second-order valence-electron chi connectivity index (χ2n) is 7.51. The van der Waals surface area contributed by atoms with Gasteiger partial charge < -0.3 is 14.2 Å². The lowest BCUT2D eigenvalue weighted by atomic mass is 9.62. The minimum Gasteiger partial charge on any atom is -0.382 e. The van der Waals surface area contributed by atoms with Crippen molar-refractivity contribution >= 4 is 37.5 Å². The van der Waals surface area contributed by atoms with Gasteiger partial charge in [0.15, 0.2) is 0 Å². The van der Waals surface area contributed by atoms with Crippen molar-refractivity contribution in [3.63, 3.8) is 0 Å². The van der Waals surface area contributed by atoms with Crippen molar-refractivity contribution in [2.45, 2.75) is 58.6 Å². The Morgan fingerprint density at radius 1 is 1.15 bits per heavy atom. The van der Waals surface area contributed by atoms with Crippen molar-refractivity contribution in [1.29, 1.82) is 0 Å². The Kier molecular flexibility index (Phi) is 6.36. The molecule has 1 N–H and O–H groups in total. The molecule has 0 amide bonds. The molecule has 0 atom stereocenters. The SMILES string of the molecule is CCCCCN1B(C)Nc2nnnn2C(C)(C)SN(c2ccccc2)B1C. The smallest absolute Gasteiger partial charge is 0.341 e. The van der Waals surface area contributed by atoms with E-state index in [1.807, 2.05) is 4.68 Å². The molecule has 0 radical (unpaired) electrons. The van der Waals surface area contributed by atoms with Gasteiger partial charge in [-0.2, -0.15) is 4.68 Å². The van der Waals surface area contributed by atoms with Crippen molar-refractivity contribution in [3.8, 4) is 0 Å². The van der Waals surface area contributed by atoms with Gasteiger partial charge in [-0.15, -0.1) is 0 Å². The highest BCUT2D eigenvalue weighted by Crippen LogP contribution is 2.39. The molecule has 144 valence electrons. The van der Waals surface area contributed by atoms with Crippen LogP contribution in [0.15, 0.2) is 30.3 Å². The van der Waals surface area contributed by atoms with Crippen LogP contribution < -0.4 is 9.44 Å². The van der Waals surface area contributed by atoms with E-state index < -0.39 is 0 Å². The number of unbranched alkanes of at least 4 members (excludes halogenated alkanes) is 2. The molecule has 0 spiro atoms. The van der Waals surface area contributed by atoms with E-state index in [-0.39, 0.29) is 18.8 Å². The molecule has 27 heavy (non-hydrogen) atoms. The fourth-order valence-corrected chi connectivity index (χ4v) is 4.67. The fraction of sp³-hybridized carbons (Fsp3) is 0.588. The second kappa shape index (κ2) is 8.56. The van der Waals surface area contributed by atoms with Gasteiger partial charge in [-0.05, 0) is 68.1 Å². The zero-order chi connectivity index (χ0) is 19.4. The first-order valence-electron chi connectivity index (χ1n) is 9.78. The number of anilines is 2. The maximum atomic E-state index is 4.27. The van der Waals surface area contributed by atoms with Gasteiger partial charge in [0.2, 0.25) is 5.95 Å². The Bertz CT molecular complexity index is 727. The first-order valence-corrected chi connectivity index (χ1v) is 10.6. The molecular weight excluding hydrogens is 356 g/mol. The molecule has 1 aliphatic heterocycles. The van der Waals surface area contributed by atoms with Crippen LogP contribution in [0.4, 0.5) is 11.6 Å².